The Morgan fingerprint density at radius 1 is 1.15 bits per heavy atom. The summed E-state index contributed by atoms with van der Waals surface area (Å²) >= 11 is 0. The number of unbranched alkanes of at least 4 members (excludes halogenated alkanes) is 1. The molecule has 0 radical (unpaired) electrons. The number of aliphatic imine (C=N–C) groups is 1. The Hall–Kier alpha value is -0.910. The van der Waals surface area contributed by atoms with E-state index in [-0.39, 0.29) is 24.0 Å². The van der Waals surface area contributed by atoms with Crippen molar-refractivity contribution in [3.63, 3.8) is 0 Å². The molecule has 0 aromatic heterocycles. The largest absolute Gasteiger partial charge is 0.382 e. The number of hydrogen-bond acceptors (Lipinski definition) is 5. The van der Waals surface area contributed by atoms with Crippen LogP contribution < -0.4 is 10.6 Å². The predicted octanol–water partition coefficient (Wildman–Crippen LogP) is 2.12. The van der Waals surface area contributed by atoms with E-state index in [0.717, 1.165) is 43.1 Å². The van der Waals surface area contributed by atoms with E-state index < -0.39 is 9.84 Å². The van der Waals surface area contributed by atoms with E-state index in [4.69, 9.17) is 9.47 Å². The van der Waals surface area contributed by atoms with Gasteiger partial charge in [-0.25, -0.2) is 8.42 Å². The molecule has 0 heterocycles. The lowest BCUT2D eigenvalue weighted by Gasteiger charge is -2.13. The van der Waals surface area contributed by atoms with Crippen molar-refractivity contribution in [2.75, 3.05) is 46.8 Å². The molecule has 0 atom stereocenters. The summed E-state index contributed by atoms with van der Waals surface area (Å²) in [6.07, 6.45) is 3.18. The third kappa shape index (κ3) is 10.9. The number of benzene rings is 1. The van der Waals surface area contributed by atoms with Gasteiger partial charge in [-0.2, -0.15) is 0 Å². The van der Waals surface area contributed by atoms with Gasteiger partial charge in [-0.05, 0) is 37.0 Å². The second-order valence-corrected chi connectivity index (χ2v) is 8.02. The third-order valence-electron chi connectivity index (χ3n) is 3.76. The first-order valence-electron chi connectivity index (χ1n) is 8.69. The number of nitrogens with zero attached hydrogens (tertiary/aromatic N) is 1. The number of aryl methyl sites for hydroxylation is 1. The van der Waals surface area contributed by atoms with Crippen LogP contribution in [0.4, 0.5) is 0 Å². The van der Waals surface area contributed by atoms with Gasteiger partial charge in [0.15, 0.2) is 15.8 Å². The van der Waals surface area contributed by atoms with Crippen molar-refractivity contribution >= 4 is 39.8 Å². The molecule has 0 amide bonds. The molecule has 2 N–H and O–H groups in total. The Labute approximate surface area is 180 Å². The van der Waals surface area contributed by atoms with Gasteiger partial charge in [0.05, 0.1) is 18.1 Å². The van der Waals surface area contributed by atoms with E-state index >= 15 is 0 Å². The third-order valence-corrected chi connectivity index (χ3v) is 5.02. The summed E-state index contributed by atoms with van der Waals surface area (Å²) in [5.41, 5.74) is 1.76. The molecule has 0 fully saturated rings. The summed E-state index contributed by atoms with van der Waals surface area (Å²) in [7, 11) is 0.198. The second kappa shape index (κ2) is 14.1. The van der Waals surface area contributed by atoms with Crippen LogP contribution in [-0.2, 0) is 25.9 Å². The molecule has 156 valence electrons. The smallest absolute Gasteiger partial charge is 0.191 e. The molecule has 1 aromatic rings. The Kier molecular flexibility index (Phi) is 13.7. The highest BCUT2D eigenvalue weighted by molar-refractivity contribution is 14.0. The highest BCUT2D eigenvalue weighted by atomic mass is 127. The van der Waals surface area contributed by atoms with Crippen molar-refractivity contribution in [3.05, 3.63) is 29.3 Å². The van der Waals surface area contributed by atoms with Gasteiger partial charge in [0.25, 0.3) is 0 Å². The summed E-state index contributed by atoms with van der Waals surface area (Å²) in [4.78, 5) is 4.56. The van der Waals surface area contributed by atoms with Gasteiger partial charge in [-0.3, -0.25) is 4.99 Å². The number of sulfone groups is 1. The first-order valence-corrected chi connectivity index (χ1v) is 10.6. The summed E-state index contributed by atoms with van der Waals surface area (Å²) in [6, 6.07) is 5.36. The summed E-state index contributed by atoms with van der Waals surface area (Å²) in [6.45, 7) is 5.17. The van der Waals surface area contributed by atoms with Crippen molar-refractivity contribution < 1.29 is 17.9 Å². The zero-order valence-corrected chi connectivity index (χ0v) is 19.7. The van der Waals surface area contributed by atoms with Crippen LogP contribution in [-0.4, -0.2) is 61.2 Å². The lowest BCUT2D eigenvalue weighted by molar-refractivity contribution is 0.0689. The molecule has 0 bridgehead atoms. The lowest BCUT2D eigenvalue weighted by atomic mass is 10.1. The first-order chi connectivity index (χ1) is 12.4. The van der Waals surface area contributed by atoms with Crippen LogP contribution in [0.2, 0.25) is 0 Å². The van der Waals surface area contributed by atoms with E-state index in [1.807, 2.05) is 19.1 Å². The molecule has 9 heteroatoms. The molecular weight excluding hydrogens is 481 g/mol. The Morgan fingerprint density at radius 2 is 1.89 bits per heavy atom. The topological polar surface area (TPSA) is 89.0 Å². The van der Waals surface area contributed by atoms with Crippen molar-refractivity contribution in [2.24, 2.45) is 4.99 Å². The van der Waals surface area contributed by atoms with Gasteiger partial charge in [0, 0.05) is 40.1 Å². The summed E-state index contributed by atoms with van der Waals surface area (Å²) < 4.78 is 33.7. The molecule has 0 unspecified atom stereocenters. The number of guanidine groups is 1. The molecule has 0 spiro atoms. The van der Waals surface area contributed by atoms with Gasteiger partial charge < -0.3 is 20.1 Å². The SMILES string of the molecule is CN=C(NCCCCOCCOC)NCc1ccc(S(C)(=O)=O)c(C)c1.I. The van der Waals surface area contributed by atoms with Crippen molar-refractivity contribution in [3.8, 4) is 0 Å². The standard InChI is InChI=1S/C18H31N3O4S.HI/c1-15-13-16(7-8-17(15)26(4,22)23)14-21-18(19-2)20-9-5-6-10-25-12-11-24-3;/h7-8,13H,5-6,9-12,14H2,1-4H3,(H2,19,20,21);1H. The van der Waals surface area contributed by atoms with E-state index in [1.54, 1.807) is 20.2 Å². The minimum Gasteiger partial charge on any atom is -0.382 e. The number of rotatable bonds is 11. The minimum atomic E-state index is -3.18. The number of methoxy groups -OCH3 is 1. The van der Waals surface area contributed by atoms with Gasteiger partial charge in [0.2, 0.25) is 0 Å². The molecule has 27 heavy (non-hydrogen) atoms. The van der Waals surface area contributed by atoms with Crippen LogP contribution >= 0.6 is 24.0 Å². The highest BCUT2D eigenvalue weighted by Gasteiger charge is 2.10. The van der Waals surface area contributed by atoms with Crippen LogP contribution in [0.3, 0.4) is 0 Å². The monoisotopic (exact) mass is 513 g/mol. The average Bonchev–Trinajstić information content (AvgIpc) is 2.58. The number of nitrogens with one attached hydrogen (secondary N) is 2. The Balaban J connectivity index is 0.00000676. The van der Waals surface area contributed by atoms with Crippen LogP contribution in [0.25, 0.3) is 0 Å². The fourth-order valence-corrected chi connectivity index (χ4v) is 3.38. The predicted molar refractivity (Wildman–Crippen MR) is 120 cm³/mol. The molecule has 7 nitrogen and oxygen atoms in total. The maximum atomic E-state index is 11.7. The van der Waals surface area contributed by atoms with Crippen LogP contribution in [0, 0.1) is 6.92 Å². The van der Waals surface area contributed by atoms with Gasteiger partial charge in [0.1, 0.15) is 0 Å². The fraction of sp³-hybridized carbons (Fsp3) is 0.611. The van der Waals surface area contributed by atoms with Gasteiger partial charge >= 0.3 is 0 Å². The molecule has 0 aliphatic heterocycles. The fourth-order valence-electron chi connectivity index (χ4n) is 2.42. The van der Waals surface area contributed by atoms with E-state index in [1.165, 1.54) is 6.26 Å². The molecular formula is C18H32IN3O4S. The highest BCUT2D eigenvalue weighted by Crippen LogP contribution is 2.16. The van der Waals surface area contributed by atoms with Crippen LogP contribution in [0.15, 0.2) is 28.1 Å². The molecule has 0 aliphatic rings. The number of hydrogen-bond donors (Lipinski definition) is 2. The van der Waals surface area contributed by atoms with E-state index in [9.17, 15) is 8.42 Å². The molecule has 0 saturated carbocycles. The van der Waals surface area contributed by atoms with Crippen molar-refractivity contribution in [1.29, 1.82) is 0 Å². The Morgan fingerprint density at radius 3 is 2.48 bits per heavy atom. The minimum absolute atomic E-state index is 0. The van der Waals surface area contributed by atoms with E-state index in [0.29, 0.717) is 24.7 Å². The van der Waals surface area contributed by atoms with Crippen LogP contribution in [0.1, 0.15) is 24.0 Å². The van der Waals surface area contributed by atoms with Crippen LogP contribution in [0.5, 0.6) is 0 Å². The zero-order valence-electron chi connectivity index (χ0n) is 16.6. The summed E-state index contributed by atoms with van der Waals surface area (Å²) in [5, 5.41) is 6.49. The van der Waals surface area contributed by atoms with E-state index in [2.05, 4.69) is 15.6 Å². The van der Waals surface area contributed by atoms with Gasteiger partial charge in [-0.15, -0.1) is 24.0 Å². The molecule has 1 aromatic carbocycles. The lowest BCUT2D eigenvalue weighted by Crippen LogP contribution is -2.37. The Bertz CT molecular complexity index is 681. The maximum Gasteiger partial charge on any atom is 0.191 e. The quantitative estimate of drug-likeness (QED) is 0.204. The molecule has 0 aliphatic carbocycles. The number of halogens is 1. The summed E-state index contributed by atoms with van der Waals surface area (Å²) in [5.74, 6) is 0.718. The maximum absolute atomic E-state index is 11.7. The zero-order chi connectivity index (χ0) is 19.4. The average molecular weight is 513 g/mol. The first kappa shape index (κ1) is 26.1. The van der Waals surface area contributed by atoms with Gasteiger partial charge in [-0.1, -0.05) is 12.1 Å². The molecule has 0 saturated heterocycles. The normalized spacial score (nSPS) is 11.8. The molecule has 1 rings (SSSR count). The number of ether oxygens (including phenoxy) is 2. The van der Waals surface area contributed by atoms with Crippen molar-refractivity contribution in [1.82, 2.24) is 10.6 Å². The second-order valence-electron chi connectivity index (χ2n) is 6.04. The van der Waals surface area contributed by atoms with Crippen molar-refractivity contribution in [2.45, 2.75) is 31.2 Å².